The Morgan fingerprint density at radius 2 is 1.71 bits per heavy atom. The molecule has 0 heterocycles. The number of carbonyl (C=O) groups is 1. The third kappa shape index (κ3) is 3.58. The second kappa shape index (κ2) is 7.04. The number of nitrogens with zero attached hydrogens (tertiary/aromatic N) is 1. The van der Waals surface area contributed by atoms with Crippen LogP contribution in [0.3, 0.4) is 0 Å². The molecule has 120 valence electrons. The largest absolute Gasteiger partial charge is 0.272 e. The molecule has 24 heavy (non-hydrogen) atoms. The van der Waals surface area contributed by atoms with Gasteiger partial charge in [-0.15, -0.1) is 0 Å². The molecule has 5 heteroatoms. The zero-order valence-corrected chi connectivity index (χ0v) is 14.4. The molecule has 0 radical (unpaired) electrons. The number of fused-ring (bicyclic) bond motifs is 1. The number of rotatable bonds is 3. The Morgan fingerprint density at radius 3 is 2.46 bits per heavy atom. The van der Waals surface area contributed by atoms with E-state index in [-0.39, 0.29) is 5.91 Å². The number of hydrogen-bond donors (Lipinski definition) is 1. The van der Waals surface area contributed by atoms with Crippen LogP contribution in [0.5, 0.6) is 0 Å². The molecule has 0 fully saturated rings. The molecule has 0 atom stereocenters. The van der Waals surface area contributed by atoms with Crippen LogP contribution in [-0.2, 0) is 0 Å². The van der Waals surface area contributed by atoms with Crippen LogP contribution < -0.4 is 5.43 Å². The molecular formula is C19H14Cl2N2O. The molecule has 0 unspecified atom stereocenters. The van der Waals surface area contributed by atoms with Gasteiger partial charge in [0.2, 0.25) is 0 Å². The standard InChI is InChI=1S/C19H14Cl2N2O/c1-12(14-7-6-13-4-2-3-5-15(13)10-14)22-23-19(24)17-9-8-16(20)11-18(17)21/h2-11H,1H3,(H,23,24)/b22-12-. The van der Waals surface area contributed by atoms with E-state index in [1.807, 2.05) is 43.3 Å². The van der Waals surface area contributed by atoms with Gasteiger partial charge < -0.3 is 0 Å². The van der Waals surface area contributed by atoms with Crippen molar-refractivity contribution >= 4 is 45.6 Å². The van der Waals surface area contributed by atoms with Gasteiger partial charge in [0.25, 0.3) is 5.91 Å². The summed E-state index contributed by atoms with van der Waals surface area (Å²) in [6.45, 7) is 1.84. The number of hydrogen-bond acceptors (Lipinski definition) is 2. The van der Waals surface area contributed by atoms with Gasteiger partial charge >= 0.3 is 0 Å². The van der Waals surface area contributed by atoms with Gasteiger partial charge in [0.05, 0.1) is 16.3 Å². The van der Waals surface area contributed by atoms with E-state index in [0.717, 1.165) is 16.3 Å². The molecule has 1 N–H and O–H groups in total. The number of amides is 1. The monoisotopic (exact) mass is 356 g/mol. The van der Waals surface area contributed by atoms with Gasteiger partial charge in [-0.3, -0.25) is 4.79 Å². The Bertz CT molecular complexity index is 951. The van der Waals surface area contributed by atoms with Crippen LogP contribution in [0.2, 0.25) is 10.0 Å². The summed E-state index contributed by atoms with van der Waals surface area (Å²) in [6, 6.07) is 18.8. The lowest BCUT2D eigenvalue weighted by molar-refractivity contribution is 0.0955. The maximum atomic E-state index is 12.2. The van der Waals surface area contributed by atoms with Crippen LogP contribution in [0.15, 0.2) is 65.8 Å². The highest BCUT2D eigenvalue weighted by Crippen LogP contribution is 2.21. The quantitative estimate of drug-likeness (QED) is 0.502. The van der Waals surface area contributed by atoms with Gasteiger partial charge in [-0.05, 0) is 47.5 Å². The van der Waals surface area contributed by atoms with Crippen LogP contribution in [0.4, 0.5) is 0 Å². The Balaban J connectivity index is 1.80. The second-order valence-corrected chi connectivity index (χ2v) is 6.17. The molecule has 3 nitrogen and oxygen atoms in total. The minimum absolute atomic E-state index is 0.290. The molecule has 0 aliphatic rings. The molecule has 0 bridgehead atoms. The number of carbonyl (C=O) groups excluding carboxylic acids is 1. The summed E-state index contributed by atoms with van der Waals surface area (Å²) in [5.74, 6) is -0.378. The van der Waals surface area contributed by atoms with Gasteiger partial charge in [0.1, 0.15) is 0 Å². The summed E-state index contributed by atoms with van der Waals surface area (Å²) in [4.78, 5) is 12.2. The van der Waals surface area contributed by atoms with E-state index in [0.29, 0.717) is 21.3 Å². The lowest BCUT2D eigenvalue weighted by Crippen LogP contribution is -2.19. The number of hydrazone groups is 1. The maximum absolute atomic E-state index is 12.2. The summed E-state index contributed by atoms with van der Waals surface area (Å²) in [7, 11) is 0. The summed E-state index contributed by atoms with van der Waals surface area (Å²) < 4.78 is 0. The summed E-state index contributed by atoms with van der Waals surface area (Å²) >= 11 is 11.9. The number of halogens is 2. The van der Waals surface area contributed by atoms with Gasteiger partial charge in [-0.25, -0.2) is 5.43 Å². The normalized spacial score (nSPS) is 11.5. The molecule has 0 spiro atoms. The fourth-order valence-corrected chi connectivity index (χ4v) is 2.84. The van der Waals surface area contributed by atoms with Crippen molar-refractivity contribution in [2.75, 3.05) is 0 Å². The highest BCUT2D eigenvalue weighted by atomic mass is 35.5. The Kier molecular flexibility index (Phi) is 4.84. The van der Waals surface area contributed by atoms with Gasteiger partial charge in [0, 0.05) is 5.02 Å². The van der Waals surface area contributed by atoms with Crippen molar-refractivity contribution in [2.24, 2.45) is 5.10 Å². The molecule has 3 aromatic carbocycles. The molecule has 0 aliphatic carbocycles. The number of nitrogens with one attached hydrogen (secondary N) is 1. The lowest BCUT2D eigenvalue weighted by atomic mass is 10.0. The lowest BCUT2D eigenvalue weighted by Gasteiger charge is -2.06. The van der Waals surface area contributed by atoms with Gasteiger partial charge in [-0.1, -0.05) is 59.6 Å². The van der Waals surface area contributed by atoms with Crippen LogP contribution >= 0.6 is 23.2 Å². The molecular weight excluding hydrogens is 343 g/mol. The predicted octanol–water partition coefficient (Wildman–Crippen LogP) is 5.30. The molecule has 0 aromatic heterocycles. The summed E-state index contributed by atoms with van der Waals surface area (Å²) in [5.41, 5.74) is 4.51. The third-order valence-electron chi connectivity index (χ3n) is 3.67. The molecule has 1 amide bonds. The smallest absolute Gasteiger partial charge is 0.267 e. The minimum atomic E-state index is -0.378. The second-order valence-electron chi connectivity index (χ2n) is 5.32. The Labute approximate surface area is 149 Å². The average molecular weight is 357 g/mol. The van der Waals surface area contributed by atoms with E-state index in [9.17, 15) is 4.79 Å². The van der Waals surface area contributed by atoms with Crippen molar-refractivity contribution in [2.45, 2.75) is 6.92 Å². The minimum Gasteiger partial charge on any atom is -0.267 e. The first kappa shape index (κ1) is 16.5. The highest BCUT2D eigenvalue weighted by Gasteiger charge is 2.10. The van der Waals surface area contributed by atoms with E-state index in [4.69, 9.17) is 23.2 Å². The predicted molar refractivity (Wildman–Crippen MR) is 100 cm³/mol. The molecule has 0 saturated heterocycles. The van der Waals surface area contributed by atoms with E-state index in [2.05, 4.69) is 16.6 Å². The van der Waals surface area contributed by atoms with Crippen molar-refractivity contribution in [3.05, 3.63) is 81.8 Å². The van der Waals surface area contributed by atoms with Gasteiger partial charge in [0.15, 0.2) is 0 Å². The topological polar surface area (TPSA) is 41.5 Å². The van der Waals surface area contributed by atoms with E-state index in [1.165, 1.54) is 6.07 Å². The Hall–Kier alpha value is -2.36. The fourth-order valence-electron chi connectivity index (χ4n) is 2.35. The van der Waals surface area contributed by atoms with Crippen molar-refractivity contribution in [1.29, 1.82) is 0 Å². The van der Waals surface area contributed by atoms with E-state index in [1.54, 1.807) is 12.1 Å². The third-order valence-corrected chi connectivity index (χ3v) is 4.22. The van der Waals surface area contributed by atoms with Crippen molar-refractivity contribution in [1.82, 2.24) is 5.43 Å². The molecule has 0 saturated carbocycles. The van der Waals surface area contributed by atoms with Gasteiger partial charge in [-0.2, -0.15) is 5.10 Å². The maximum Gasteiger partial charge on any atom is 0.272 e. The Morgan fingerprint density at radius 1 is 0.958 bits per heavy atom. The van der Waals surface area contributed by atoms with Crippen LogP contribution in [0.25, 0.3) is 10.8 Å². The fraction of sp³-hybridized carbons (Fsp3) is 0.0526. The first-order valence-corrected chi connectivity index (χ1v) is 8.09. The van der Waals surface area contributed by atoms with Crippen LogP contribution in [0.1, 0.15) is 22.8 Å². The van der Waals surface area contributed by atoms with Crippen molar-refractivity contribution in [3.63, 3.8) is 0 Å². The van der Waals surface area contributed by atoms with E-state index >= 15 is 0 Å². The number of benzene rings is 3. The zero-order chi connectivity index (χ0) is 17.1. The first-order valence-electron chi connectivity index (χ1n) is 7.33. The zero-order valence-electron chi connectivity index (χ0n) is 12.9. The van der Waals surface area contributed by atoms with Crippen molar-refractivity contribution < 1.29 is 4.79 Å². The van der Waals surface area contributed by atoms with Crippen LogP contribution in [-0.4, -0.2) is 11.6 Å². The summed E-state index contributed by atoms with van der Waals surface area (Å²) in [6.07, 6.45) is 0. The molecule has 3 rings (SSSR count). The molecule has 3 aromatic rings. The average Bonchev–Trinajstić information content (AvgIpc) is 2.59. The highest BCUT2D eigenvalue weighted by molar-refractivity contribution is 6.36. The van der Waals surface area contributed by atoms with Crippen molar-refractivity contribution in [3.8, 4) is 0 Å². The first-order chi connectivity index (χ1) is 11.5. The van der Waals surface area contributed by atoms with E-state index < -0.39 is 0 Å². The summed E-state index contributed by atoms with van der Waals surface area (Å²) in [5, 5.41) is 7.22. The SMILES string of the molecule is C/C(=N/NC(=O)c1ccc(Cl)cc1Cl)c1ccc2ccccc2c1. The van der Waals surface area contributed by atoms with Crippen LogP contribution in [0, 0.1) is 0 Å². The molecule has 0 aliphatic heterocycles.